The number of benzene rings is 4. The summed E-state index contributed by atoms with van der Waals surface area (Å²) in [7, 11) is 0. The van der Waals surface area contributed by atoms with Crippen LogP contribution >= 0.6 is 0 Å². The molecule has 0 saturated carbocycles. The van der Waals surface area contributed by atoms with Gasteiger partial charge in [-0.2, -0.15) is 0 Å². The van der Waals surface area contributed by atoms with Gasteiger partial charge in [0.1, 0.15) is 12.6 Å². The van der Waals surface area contributed by atoms with Crippen molar-refractivity contribution in [3.05, 3.63) is 119 Å². The molecule has 0 saturated heterocycles. The van der Waals surface area contributed by atoms with Gasteiger partial charge in [-0.05, 0) is 45.9 Å². The van der Waals surface area contributed by atoms with E-state index in [2.05, 4.69) is 23.5 Å². The van der Waals surface area contributed by atoms with E-state index in [1.807, 2.05) is 85.8 Å². The first-order valence-electron chi connectivity index (χ1n) is 12.0. The number of amides is 1. The molecule has 1 aliphatic rings. The fraction of sp³-hybridized carbons (Fsp3) is 0.161. The zero-order valence-electron chi connectivity index (χ0n) is 20.0. The molecule has 4 aromatic rings. The number of rotatable bonds is 7. The molecule has 1 atom stereocenters. The van der Waals surface area contributed by atoms with Gasteiger partial charge >= 0.3 is 12.1 Å². The number of carbonyl (C=O) groups excluding carboxylic acids is 1. The van der Waals surface area contributed by atoms with Crippen LogP contribution < -0.4 is 5.32 Å². The monoisotopic (exact) mass is 477 g/mol. The fourth-order valence-electron chi connectivity index (χ4n) is 4.99. The Labute approximate surface area is 210 Å². The number of aryl methyl sites for hydroxylation is 1. The van der Waals surface area contributed by atoms with Crippen molar-refractivity contribution in [2.24, 2.45) is 0 Å². The number of ether oxygens (including phenoxy) is 1. The third kappa shape index (κ3) is 4.73. The predicted molar refractivity (Wildman–Crippen MR) is 140 cm³/mol. The molecule has 0 bridgehead atoms. The lowest BCUT2D eigenvalue weighted by molar-refractivity contribution is -0.139. The van der Waals surface area contributed by atoms with Crippen LogP contribution in [0.4, 0.5) is 4.79 Å². The van der Waals surface area contributed by atoms with E-state index < -0.39 is 18.1 Å². The summed E-state index contributed by atoms with van der Waals surface area (Å²) < 4.78 is 5.58. The maximum absolute atomic E-state index is 12.7. The van der Waals surface area contributed by atoms with E-state index in [9.17, 15) is 14.7 Å². The summed E-state index contributed by atoms with van der Waals surface area (Å²) in [6, 6.07) is 30.8. The second-order valence-electron chi connectivity index (χ2n) is 9.09. The number of carboxylic acids is 1. The van der Waals surface area contributed by atoms with Gasteiger partial charge < -0.3 is 15.2 Å². The highest BCUT2D eigenvalue weighted by Gasteiger charge is 2.30. The van der Waals surface area contributed by atoms with Crippen LogP contribution in [-0.2, 0) is 16.0 Å². The summed E-state index contributed by atoms with van der Waals surface area (Å²) in [6.45, 7) is 2.15. The Bertz CT molecular complexity index is 1380. The average molecular weight is 478 g/mol. The maximum atomic E-state index is 12.7. The number of aliphatic carboxylic acids is 1. The largest absolute Gasteiger partial charge is 0.480 e. The van der Waals surface area contributed by atoms with Crippen LogP contribution in [0.5, 0.6) is 0 Å². The van der Waals surface area contributed by atoms with E-state index in [4.69, 9.17) is 4.74 Å². The van der Waals surface area contributed by atoms with Crippen molar-refractivity contribution < 1.29 is 19.4 Å². The Morgan fingerprint density at radius 3 is 2.08 bits per heavy atom. The second kappa shape index (κ2) is 10.1. The summed E-state index contributed by atoms with van der Waals surface area (Å²) in [5.41, 5.74) is 8.40. The lowest BCUT2D eigenvalue weighted by atomic mass is 9.94. The first-order chi connectivity index (χ1) is 17.5. The Balaban J connectivity index is 1.30. The van der Waals surface area contributed by atoms with E-state index >= 15 is 0 Å². The normalized spacial score (nSPS) is 12.9. The summed E-state index contributed by atoms with van der Waals surface area (Å²) in [6.07, 6.45) is -0.596. The van der Waals surface area contributed by atoms with Crippen LogP contribution in [0.25, 0.3) is 22.3 Å². The van der Waals surface area contributed by atoms with Crippen LogP contribution in [0.1, 0.15) is 28.2 Å². The quantitative estimate of drug-likeness (QED) is 0.332. The highest BCUT2D eigenvalue weighted by atomic mass is 16.5. The molecule has 180 valence electrons. The van der Waals surface area contributed by atoms with Crippen LogP contribution in [0, 0.1) is 6.92 Å². The summed E-state index contributed by atoms with van der Waals surface area (Å²) in [5.74, 6) is -1.20. The van der Waals surface area contributed by atoms with Gasteiger partial charge in [-0.25, -0.2) is 9.59 Å². The number of carboxylic acid groups (broad SMARTS) is 1. The predicted octanol–water partition coefficient (Wildman–Crippen LogP) is 6.20. The maximum Gasteiger partial charge on any atom is 0.407 e. The summed E-state index contributed by atoms with van der Waals surface area (Å²) >= 11 is 0. The van der Waals surface area contributed by atoms with Gasteiger partial charge in [-0.15, -0.1) is 0 Å². The molecule has 5 heteroatoms. The van der Waals surface area contributed by atoms with Crippen LogP contribution in [0.3, 0.4) is 0 Å². The number of alkyl carbamates (subject to hydrolysis) is 1. The molecule has 0 fully saturated rings. The van der Waals surface area contributed by atoms with E-state index in [1.54, 1.807) is 0 Å². The molecule has 0 aliphatic heterocycles. The molecule has 0 spiro atoms. The minimum atomic E-state index is -1.12. The molecule has 2 N–H and O–H groups in total. The summed E-state index contributed by atoms with van der Waals surface area (Å²) in [5, 5.41) is 12.4. The first kappa shape index (κ1) is 23.4. The van der Waals surface area contributed by atoms with E-state index in [0.717, 1.165) is 44.5 Å². The smallest absolute Gasteiger partial charge is 0.407 e. The Morgan fingerprint density at radius 1 is 0.833 bits per heavy atom. The van der Waals surface area contributed by atoms with Crippen molar-refractivity contribution >= 4 is 12.1 Å². The fourth-order valence-corrected chi connectivity index (χ4v) is 4.99. The van der Waals surface area contributed by atoms with Crippen LogP contribution in [0.15, 0.2) is 97.1 Å². The molecule has 5 nitrogen and oxygen atoms in total. The van der Waals surface area contributed by atoms with Crippen molar-refractivity contribution in [2.75, 3.05) is 6.61 Å². The van der Waals surface area contributed by atoms with E-state index in [1.165, 1.54) is 0 Å². The Morgan fingerprint density at radius 2 is 1.44 bits per heavy atom. The van der Waals surface area contributed by atoms with Gasteiger partial charge in [-0.1, -0.05) is 103 Å². The second-order valence-corrected chi connectivity index (χ2v) is 9.09. The molecular formula is C31H27NO4. The molecule has 4 aromatic carbocycles. The zero-order chi connectivity index (χ0) is 25.1. The van der Waals surface area contributed by atoms with Gasteiger partial charge in [0.15, 0.2) is 0 Å². The molecule has 5 rings (SSSR count). The third-order valence-corrected chi connectivity index (χ3v) is 6.70. The zero-order valence-corrected chi connectivity index (χ0v) is 20.0. The molecule has 36 heavy (non-hydrogen) atoms. The van der Waals surface area contributed by atoms with Gasteiger partial charge in [0.25, 0.3) is 0 Å². The van der Waals surface area contributed by atoms with Gasteiger partial charge in [-0.3, -0.25) is 0 Å². The number of fused-ring (bicyclic) bond motifs is 3. The highest BCUT2D eigenvalue weighted by molar-refractivity contribution is 5.82. The first-order valence-corrected chi connectivity index (χ1v) is 12.0. The van der Waals surface area contributed by atoms with Gasteiger partial charge in [0.05, 0.1) is 0 Å². The minimum absolute atomic E-state index is 0.0894. The Hall–Kier alpha value is -4.38. The van der Waals surface area contributed by atoms with Crippen molar-refractivity contribution in [1.82, 2.24) is 5.32 Å². The molecule has 1 amide bonds. The number of hydrogen-bond donors (Lipinski definition) is 2. The lowest BCUT2D eigenvalue weighted by Crippen LogP contribution is -2.43. The van der Waals surface area contributed by atoms with Crippen molar-refractivity contribution in [3.8, 4) is 22.3 Å². The molecule has 0 radical (unpaired) electrons. The van der Waals surface area contributed by atoms with Crippen molar-refractivity contribution in [2.45, 2.75) is 25.3 Å². The number of hydrogen-bond acceptors (Lipinski definition) is 3. The van der Waals surface area contributed by atoms with Crippen LogP contribution in [-0.4, -0.2) is 29.8 Å². The standard InChI is InChI=1S/C31H27NO4/c1-20-9-8-11-21(17-20)23-12-3-2-10-22(23)18-29(30(33)34)32-31(35)36-19-28-26-15-6-4-13-24(26)25-14-5-7-16-27(25)28/h2-17,28-29H,18-19H2,1H3,(H,32,35)(H,33,34). The van der Waals surface area contributed by atoms with E-state index in [-0.39, 0.29) is 18.9 Å². The number of carbonyl (C=O) groups is 2. The highest BCUT2D eigenvalue weighted by Crippen LogP contribution is 2.44. The molecule has 1 aliphatic carbocycles. The Kier molecular flexibility index (Phi) is 6.54. The van der Waals surface area contributed by atoms with Gasteiger partial charge in [0.2, 0.25) is 0 Å². The average Bonchev–Trinajstić information content (AvgIpc) is 3.21. The lowest BCUT2D eigenvalue weighted by Gasteiger charge is -2.19. The molecular weight excluding hydrogens is 450 g/mol. The summed E-state index contributed by atoms with van der Waals surface area (Å²) in [4.78, 5) is 24.8. The third-order valence-electron chi connectivity index (χ3n) is 6.70. The molecule has 0 heterocycles. The van der Waals surface area contributed by atoms with Crippen LogP contribution in [0.2, 0.25) is 0 Å². The number of nitrogens with one attached hydrogen (secondary N) is 1. The van der Waals surface area contributed by atoms with E-state index in [0.29, 0.717) is 0 Å². The molecule has 0 aromatic heterocycles. The van der Waals surface area contributed by atoms with Crippen molar-refractivity contribution in [3.63, 3.8) is 0 Å². The van der Waals surface area contributed by atoms with Gasteiger partial charge in [0, 0.05) is 12.3 Å². The minimum Gasteiger partial charge on any atom is -0.480 e. The SMILES string of the molecule is Cc1cccc(-c2ccccc2CC(NC(=O)OCC2c3ccccc3-c3ccccc32)C(=O)O)c1. The molecule has 1 unspecified atom stereocenters. The topological polar surface area (TPSA) is 75.6 Å². The van der Waals surface area contributed by atoms with Crippen molar-refractivity contribution in [1.29, 1.82) is 0 Å².